The maximum atomic E-state index is 12.6. The van der Waals surface area contributed by atoms with Crippen molar-refractivity contribution in [2.24, 2.45) is 5.92 Å². The monoisotopic (exact) mass is 335 g/mol. The highest BCUT2D eigenvalue weighted by Gasteiger charge is 2.32. The Balaban J connectivity index is 2.16. The molecule has 1 atom stereocenters. The van der Waals surface area contributed by atoms with E-state index in [1.165, 1.54) is 12.1 Å². The first-order valence-corrected chi connectivity index (χ1v) is 7.06. The lowest BCUT2D eigenvalue weighted by Gasteiger charge is -2.17. The molecule has 0 spiro atoms. The summed E-state index contributed by atoms with van der Waals surface area (Å²) in [6, 6.07) is 4.60. The normalized spacial score (nSPS) is 19.8. The SMILES string of the molecule is O=C(c1cccc(C(F)(F)F)c1)N1CCC(CBr)C1. The van der Waals surface area contributed by atoms with Gasteiger partial charge in [0.25, 0.3) is 5.91 Å². The summed E-state index contributed by atoms with van der Waals surface area (Å²) < 4.78 is 37.8. The van der Waals surface area contributed by atoms with Gasteiger partial charge in [0.05, 0.1) is 5.56 Å². The minimum Gasteiger partial charge on any atom is -0.338 e. The number of amides is 1. The summed E-state index contributed by atoms with van der Waals surface area (Å²) in [5, 5.41) is 0.805. The van der Waals surface area contributed by atoms with E-state index in [9.17, 15) is 18.0 Å². The molecule has 1 aromatic carbocycles. The maximum Gasteiger partial charge on any atom is 0.416 e. The number of carbonyl (C=O) groups excluding carboxylic acids is 1. The summed E-state index contributed by atoms with van der Waals surface area (Å²) in [7, 11) is 0. The Labute approximate surface area is 117 Å². The number of carbonyl (C=O) groups is 1. The second-order valence-corrected chi connectivity index (χ2v) is 5.29. The molecule has 1 amide bonds. The fourth-order valence-corrected chi connectivity index (χ4v) is 2.68. The van der Waals surface area contributed by atoms with Crippen molar-refractivity contribution >= 4 is 21.8 Å². The van der Waals surface area contributed by atoms with Gasteiger partial charge in [0.15, 0.2) is 0 Å². The number of halogens is 4. The van der Waals surface area contributed by atoms with Crippen LogP contribution in [0.1, 0.15) is 22.3 Å². The Bertz CT molecular complexity index is 475. The summed E-state index contributed by atoms with van der Waals surface area (Å²) in [6.07, 6.45) is -3.53. The van der Waals surface area contributed by atoms with Gasteiger partial charge in [-0.3, -0.25) is 4.79 Å². The molecule has 19 heavy (non-hydrogen) atoms. The molecular weight excluding hydrogens is 323 g/mol. The quantitative estimate of drug-likeness (QED) is 0.757. The Hall–Kier alpha value is -1.04. The van der Waals surface area contributed by atoms with Crippen molar-refractivity contribution < 1.29 is 18.0 Å². The number of benzene rings is 1. The molecule has 1 fully saturated rings. The van der Waals surface area contributed by atoms with Crippen LogP contribution in [0, 0.1) is 5.92 Å². The summed E-state index contributed by atoms with van der Waals surface area (Å²) in [5.74, 6) is 0.0595. The molecule has 1 saturated heterocycles. The fraction of sp³-hybridized carbons (Fsp3) is 0.462. The molecule has 1 aliphatic heterocycles. The molecule has 0 saturated carbocycles. The zero-order chi connectivity index (χ0) is 14.0. The maximum absolute atomic E-state index is 12.6. The lowest BCUT2D eigenvalue weighted by molar-refractivity contribution is -0.137. The highest BCUT2D eigenvalue weighted by molar-refractivity contribution is 9.09. The third-order valence-electron chi connectivity index (χ3n) is 3.23. The van der Waals surface area contributed by atoms with Crippen molar-refractivity contribution in [3.8, 4) is 0 Å². The predicted molar refractivity (Wildman–Crippen MR) is 69.2 cm³/mol. The molecule has 1 aromatic rings. The van der Waals surface area contributed by atoms with Crippen LogP contribution in [-0.4, -0.2) is 29.2 Å². The molecule has 2 nitrogen and oxygen atoms in total. The lowest BCUT2D eigenvalue weighted by atomic mass is 10.1. The predicted octanol–water partition coefficient (Wildman–Crippen LogP) is 3.56. The minimum atomic E-state index is -4.42. The summed E-state index contributed by atoms with van der Waals surface area (Å²) in [6.45, 7) is 1.20. The summed E-state index contributed by atoms with van der Waals surface area (Å²) >= 11 is 3.36. The Morgan fingerprint density at radius 1 is 1.42 bits per heavy atom. The van der Waals surface area contributed by atoms with Crippen molar-refractivity contribution in [1.29, 1.82) is 0 Å². The van der Waals surface area contributed by atoms with E-state index in [2.05, 4.69) is 15.9 Å². The highest BCUT2D eigenvalue weighted by atomic mass is 79.9. The standard InChI is InChI=1S/C13H13BrF3NO/c14-7-9-4-5-18(8-9)12(19)10-2-1-3-11(6-10)13(15,16)17/h1-3,6,9H,4-5,7-8H2. The van der Waals surface area contributed by atoms with E-state index < -0.39 is 11.7 Å². The van der Waals surface area contributed by atoms with Crippen molar-refractivity contribution in [3.05, 3.63) is 35.4 Å². The van der Waals surface area contributed by atoms with Gasteiger partial charge in [-0.15, -0.1) is 0 Å². The lowest BCUT2D eigenvalue weighted by Crippen LogP contribution is -2.29. The van der Waals surface area contributed by atoms with Crippen molar-refractivity contribution in [2.75, 3.05) is 18.4 Å². The van der Waals surface area contributed by atoms with E-state index in [-0.39, 0.29) is 11.5 Å². The Morgan fingerprint density at radius 2 is 2.16 bits per heavy atom. The van der Waals surface area contributed by atoms with Crippen LogP contribution in [0.3, 0.4) is 0 Å². The molecule has 0 aromatic heterocycles. The van der Waals surface area contributed by atoms with Crippen molar-refractivity contribution in [3.63, 3.8) is 0 Å². The van der Waals surface area contributed by atoms with Crippen LogP contribution in [0.2, 0.25) is 0 Å². The summed E-state index contributed by atoms with van der Waals surface area (Å²) in [5.41, 5.74) is -0.681. The van der Waals surface area contributed by atoms with Gasteiger partial charge in [0.1, 0.15) is 0 Å². The molecule has 104 valence electrons. The average Bonchev–Trinajstić information content (AvgIpc) is 2.86. The third-order valence-corrected chi connectivity index (χ3v) is 4.14. The van der Waals surface area contributed by atoms with E-state index >= 15 is 0 Å². The first kappa shape index (κ1) is 14.4. The number of nitrogens with zero attached hydrogens (tertiary/aromatic N) is 1. The first-order valence-electron chi connectivity index (χ1n) is 5.94. The van der Waals surface area contributed by atoms with Gasteiger partial charge in [-0.05, 0) is 30.5 Å². The van der Waals surface area contributed by atoms with E-state index in [1.807, 2.05) is 0 Å². The molecule has 1 heterocycles. The van der Waals surface area contributed by atoms with Crippen LogP contribution in [0.15, 0.2) is 24.3 Å². The zero-order valence-electron chi connectivity index (χ0n) is 10.1. The topological polar surface area (TPSA) is 20.3 Å². The van der Waals surface area contributed by atoms with Gasteiger partial charge in [-0.1, -0.05) is 22.0 Å². The molecule has 1 unspecified atom stereocenters. The molecule has 1 aliphatic rings. The van der Waals surface area contributed by atoms with E-state index in [1.54, 1.807) is 4.90 Å². The van der Waals surface area contributed by atoms with Crippen LogP contribution < -0.4 is 0 Å². The molecule has 2 rings (SSSR count). The fourth-order valence-electron chi connectivity index (χ4n) is 2.15. The Morgan fingerprint density at radius 3 is 2.74 bits per heavy atom. The molecule has 0 bridgehead atoms. The van der Waals surface area contributed by atoms with Gasteiger partial charge in [0, 0.05) is 24.0 Å². The van der Waals surface area contributed by atoms with Crippen LogP contribution in [0.25, 0.3) is 0 Å². The zero-order valence-corrected chi connectivity index (χ0v) is 11.7. The van der Waals surface area contributed by atoms with Gasteiger partial charge in [-0.2, -0.15) is 13.2 Å². The third kappa shape index (κ3) is 3.29. The smallest absolute Gasteiger partial charge is 0.338 e. The van der Waals surface area contributed by atoms with E-state index in [4.69, 9.17) is 0 Å². The van der Waals surface area contributed by atoms with Gasteiger partial charge >= 0.3 is 6.18 Å². The summed E-state index contributed by atoms with van der Waals surface area (Å²) in [4.78, 5) is 13.7. The van der Waals surface area contributed by atoms with E-state index in [0.29, 0.717) is 19.0 Å². The first-order chi connectivity index (χ1) is 8.91. The highest BCUT2D eigenvalue weighted by Crippen LogP contribution is 2.30. The number of likely N-dealkylation sites (tertiary alicyclic amines) is 1. The second kappa shape index (κ2) is 5.53. The van der Waals surface area contributed by atoms with Crippen molar-refractivity contribution in [1.82, 2.24) is 4.90 Å². The second-order valence-electron chi connectivity index (χ2n) is 4.64. The van der Waals surface area contributed by atoms with Gasteiger partial charge in [0.2, 0.25) is 0 Å². The van der Waals surface area contributed by atoms with Crippen LogP contribution in [-0.2, 0) is 6.18 Å². The van der Waals surface area contributed by atoms with Crippen LogP contribution in [0.5, 0.6) is 0 Å². The number of hydrogen-bond acceptors (Lipinski definition) is 1. The van der Waals surface area contributed by atoms with Crippen molar-refractivity contribution in [2.45, 2.75) is 12.6 Å². The molecule has 6 heteroatoms. The van der Waals surface area contributed by atoms with Gasteiger partial charge in [-0.25, -0.2) is 0 Å². The number of rotatable bonds is 2. The number of alkyl halides is 4. The van der Waals surface area contributed by atoms with Crippen LogP contribution >= 0.6 is 15.9 Å². The molecule has 0 N–H and O–H groups in total. The van der Waals surface area contributed by atoms with Crippen LogP contribution in [0.4, 0.5) is 13.2 Å². The largest absolute Gasteiger partial charge is 0.416 e. The molecular formula is C13H13BrF3NO. The minimum absolute atomic E-state index is 0.102. The average molecular weight is 336 g/mol. The Kier molecular flexibility index (Phi) is 4.18. The molecule has 0 aliphatic carbocycles. The molecule has 0 radical (unpaired) electrons. The van der Waals surface area contributed by atoms with Gasteiger partial charge < -0.3 is 4.90 Å². The number of hydrogen-bond donors (Lipinski definition) is 0. The van der Waals surface area contributed by atoms with E-state index in [0.717, 1.165) is 23.9 Å².